The number of nitrogens with one attached hydrogen (secondary N) is 1. The molecule has 0 saturated carbocycles. The number of aryl methyl sites for hydroxylation is 1. The van der Waals surface area contributed by atoms with Crippen LogP contribution in [0.3, 0.4) is 0 Å². The maximum Gasteiger partial charge on any atom is 0.338 e. The minimum Gasteiger partial charge on any atom is -0.457 e. The van der Waals surface area contributed by atoms with Crippen molar-refractivity contribution in [2.45, 2.75) is 33.1 Å². The molecule has 1 aliphatic heterocycles. The van der Waals surface area contributed by atoms with Crippen molar-refractivity contribution < 1.29 is 14.6 Å². The molecule has 144 valence electrons. The first-order valence-electron chi connectivity index (χ1n) is 9.05. The number of ether oxygens (including phenoxy) is 1. The first-order chi connectivity index (χ1) is 13.5. The second kappa shape index (κ2) is 7.49. The molecule has 0 fully saturated rings. The van der Waals surface area contributed by atoms with Gasteiger partial charge < -0.3 is 15.2 Å². The number of aromatic nitrogens is 4. The van der Waals surface area contributed by atoms with Gasteiger partial charge in [-0.05, 0) is 43.2 Å². The number of aliphatic hydroxyl groups excluding tert-OH is 1. The van der Waals surface area contributed by atoms with E-state index >= 15 is 0 Å². The molecule has 2 N–H and O–H groups in total. The fraction of sp³-hybridized carbons (Fsp3) is 0.300. The molecule has 2 aromatic heterocycles. The van der Waals surface area contributed by atoms with Gasteiger partial charge in [-0.25, -0.2) is 9.78 Å². The Morgan fingerprint density at radius 2 is 2.11 bits per heavy atom. The number of fused-ring (bicyclic) bond motifs is 1. The highest BCUT2D eigenvalue weighted by Crippen LogP contribution is 2.28. The van der Waals surface area contributed by atoms with Gasteiger partial charge in [-0.15, -0.1) is 5.10 Å². The zero-order valence-corrected chi connectivity index (χ0v) is 15.7. The molecule has 0 unspecified atom stereocenters. The molecule has 0 spiro atoms. The molecule has 0 amide bonds. The lowest BCUT2D eigenvalue weighted by molar-refractivity contribution is 0.0535. The van der Waals surface area contributed by atoms with E-state index in [2.05, 4.69) is 20.5 Å². The maximum absolute atomic E-state index is 11.6. The molecule has 8 heteroatoms. The summed E-state index contributed by atoms with van der Waals surface area (Å²) in [5.74, 6) is 0.403. The highest BCUT2D eigenvalue weighted by atomic mass is 16.5. The molecule has 28 heavy (non-hydrogen) atoms. The van der Waals surface area contributed by atoms with E-state index in [9.17, 15) is 9.90 Å². The first kappa shape index (κ1) is 18.3. The molecule has 3 heterocycles. The van der Waals surface area contributed by atoms with Crippen molar-refractivity contribution in [3.8, 4) is 5.82 Å². The normalized spacial score (nSPS) is 14.0. The number of carbonyl (C=O) groups is 1. The average Bonchev–Trinajstić information content (AvgIpc) is 3.29. The van der Waals surface area contributed by atoms with Crippen molar-refractivity contribution in [3.63, 3.8) is 0 Å². The number of nitrogens with zero attached hydrogens (tertiary/aromatic N) is 4. The number of rotatable bonds is 6. The first-order valence-corrected chi connectivity index (χ1v) is 9.05. The van der Waals surface area contributed by atoms with Crippen molar-refractivity contribution in [1.82, 2.24) is 25.1 Å². The number of hydrogen-bond acceptors (Lipinski definition) is 7. The summed E-state index contributed by atoms with van der Waals surface area (Å²) in [7, 11) is 0. The Bertz CT molecular complexity index is 1010. The van der Waals surface area contributed by atoms with Gasteiger partial charge in [0.2, 0.25) is 0 Å². The summed E-state index contributed by atoms with van der Waals surface area (Å²) in [6.07, 6.45) is 2.89. The van der Waals surface area contributed by atoms with Crippen LogP contribution in [-0.4, -0.2) is 37.4 Å². The third-order valence-electron chi connectivity index (χ3n) is 4.89. The molecule has 1 aliphatic rings. The molecule has 4 rings (SSSR count). The third kappa shape index (κ3) is 3.51. The molecule has 0 bridgehead atoms. The number of aliphatic hydroxyl groups is 1. The number of hydrogen-bond donors (Lipinski definition) is 2. The fourth-order valence-electron chi connectivity index (χ4n) is 3.31. The second-order valence-electron chi connectivity index (χ2n) is 6.83. The smallest absolute Gasteiger partial charge is 0.338 e. The van der Waals surface area contributed by atoms with Crippen LogP contribution < -0.4 is 5.32 Å². The summed E-state index contributed by atoms with van der Waals surface area (Å²) in [5, 5.41) is 22.1. The van der Waals surface area contributed by atoms with Gasteiger partial charge in [0, 0.05) is 24.8 Å². The number of cyclic esters (lactones) is 1. The highest BCUT2D eigenvalue weighted by molar-refractivity contribution is 5.93. The Labute approximate surface area is 162 Å². The maximum atomic E-state index is 11.6. The molecule has 0 aliphatic carbocycles. The Morgan fingerprint density at radius 1 is 1.25 bits per heavy atom. The average molecular weight is 379 g/mol. The summed E-state index contributed by atoms with van der Waals surface area (Å²) in [6.45, 7) is 4.94. The van der Waals surface area contributed by atoms with Gasteiger partial charge in [0.05, 0.1) is 23.1 Å². The van der Waals surface area contributed by atoms with Crippen LogP contribution in [0.2, 0.25) is 0 Å². The van der Waals surface area contributed by atoms with E-state index in [0.717, 1.165) is 28.1 Å². The lowest BCUT2D eigenvalue weighted by atomic mass is 9.95. The fourth-order valence-corrected chi connectivity index (χ4v) is 3.31. The van der Waals surface area contributed by atoms with Crippen molar-refractivity contribution in [3.05, 3.63) is 70.4 Å². The minimum atomic E-state index is -0.692. The van der Waals surface area contributed by atoms with Crippen LogP contribution >= 0.6 is 0 Å². The quantitative estimate of drug-likeness (QED) is 0.629. The summed E-state index contributed by atoms with van der Waals surface area (Å²) in [5.41, 5.74) is 4.83. The highest BCUT2D eigenvalue weighted by Gasteiger charge is 2.25. The summed E-state index contributed by atoms with van der Waals surface area (Å²) in [4.78, 5) is 15.8. The van der Waals surface area contributed by atoms with Crippen LogP contribution in [0.1, 0.15) is 44.5 Å². The van der Waals surface area contributed by atoms with E-state index < -0.39 is 6.10 Å². The molecule has 0 radical (unpaired) electrons. The summed E-state index contributed by atoms with van der Waals surface area (Å²) < 4.78 is 6.88. The zero-order valence-electron chi connectivity index (χ0n) is 15.7. The lowest BCUT2D eigenvalue weighted by Crippen LogP contribution is -2.22. The third-order valence-corrected chi connectivity index (χ3v) is 4.89. The van der Waals surface area contributed by atoms with Gasteiger partial charge in [-0.1, -0.05) is 6.07 Å². The predicted octanol–water partition coefficient (Wildman–Crippen LogP) is 1.77. The lowest BCUT2D eigenvalue weighted by Gasteiger charge is -2.16. The van der Waals surface area contributed by atoms with Gasteiger partial charge in [-0.3, -0.25) is 4.57 Å². The standard InChI is InChI=1S/C20H21N5O3/c1-12-9-25(11-22-12)19-6-3-14(23-24-19)7-21-8-18(26)15-4-5-16-17(13(15)2)10-28-20(16)27/h3-6,9,11,18,21,26H,7-8,10H2,1-2H3/t18-/m0/s1. The van der Waals surface area contributed by atoms with Crippen LogP contribution in [0.4, 0.5) is 0 Å². The topological polar surface area (TPSA) is 102 Å². The zero-order chi connectivity index (χ0) is 19.7. The molecule has 8 nitrogen and oxygen atoms in total. The van der Waals surface area contributed by atoms with Crippen LogP contribution in [-0.2, 0) is 17.9 Å². The van der Waals surface area contributed by atoms with Crippen molar-refractivity contribution in [1.29, 1.82) is 0 Å². The Balaban J connectivity index is 1.36. The van der Waals surface area contributed by atoms with Gasteiger partial charge in [0.15, 0.2) is 5.82 Å². The minimum absolute atomic E-state index is 0.270. The summed E-state index contributed by atoms with van der Waals surface area (Å²) >= 11 is 0. The SMILES string of the molecule is Cc1cn(-c2ccc(CNC[C@H](O)c3ccc4c(c3C)COC4=O)nn2)cn1. The monoisotopic (exact) mass is 379 g/mol. The largest absolute Gasteiger partial charge is 0.457 e. The number of carbonyl (C=O) groups excluding carboxylic acids is 1. The predicted molar refractivity (Wildman–Crippen MR) is 101 cm³/mol. The van der Waals surface area contributed by atoms with E-state index in [1.165, 1.54) is 0 Å². The number of benzene rings is 1. The van der Waals surface area contributed by atoms with Gasteiger partial charge in [-0.2, -0.15) is 5.10 Å². The Hall–Kier alpha value is -3.10. The van der Waals surface area contributed by atoms with E-state index in [0.29, 0.717) is 24.5 Å². The van der Waals surface area contributed by atoms with Gasteiger partial charge in [0.25, 0.3) is 0 Å². The van der Waals surface area contributed by atoms with E-state index in [-0.39, 0.29) is 12.6 Å². The number of imidazole rings is 1. The molecule has 1 atom stereocenters. The number of esters is 1. The van der Waals surface area contributed by atoms with E-state index in [1.807, 2.05) is 36.7 Å². The molecular formula is C20H21N5O3. The molecule has 1 aromatic carbocycles. The van der Waals surface area contributed by atoms with Crippen LogP contribution in [0.25, 0.3) is 5.82 Å². The summed E-state index contributed by atoms with van der Waals surface area (Å²) in [6, 6.07) is 7.27. The van der Waals surface area contributed by atoms with Crippen LogP contribution in [0.15, 0.2) is 36.8 Å². The second-order valence-corrected chi connectivity index (χ2v) is 6.83. The molecule has 0 saturated heterocycles. The molecule has 3 aromatic rings. The Kier molecular flexibility index (Phi) is 4.89. The van der Waals surface area contributed by atoms with Crippen LogP contribution in [0, 0.1) is 13.8 Å². The van der Waals surface area contributed by atoms with Crippen molar-refractivity contribution in [2.24, 2.45) is 0 Å². The van der Waals surface area contributed by atoms with E-state index in [4.69, 9.17) is 4.74 Å². The van der Waals surface area contributed by atoms with Gasteiger partial charge >= 0.3 is 5.97 Å². The van der Waals surface area contributed by atoms with Crippen molar-refractivity contribution in [2.75, 3.05) is 6.54 Å². The van der Waals surface area contributed by atoms with Crippen LogP contribution in [0.5, 0.6) is 0 Å². The molecular weight excluding hydrogens is 358 g/mol. The van der Waals surface area contributed by atoms with Crippen molar-refractivity contribution >= 4 is 5.97 Å². The Morgan fingerprint density at radius 3 is 2.82 bits per heavy atom. The van der Waals surface area contributed by atoms with Gasteiger partial charge in [0.1, 0.15) is 12.9 Å². The van der Waals surface area contributed by atoms with E-state index in [1.54, 1.807) is 18.5 Å².